The van der Waals surface area contributed by atoms with Crippen LogP contribution in [0, 0.1) is 23.7 Å². The number of carbonyl (C=O) groups excluding carboxylic acids is 1. The highest BCUT2D eigenvalue weighted by Crippen LogP contribution is 2.31. The lowest BCUT2D eigenvalue weighted by Gasteiger charge is -2.20. The minimum Gasteiger partial charge on any atom is -0.369 e. The van der Waals surface area contributed by atoms with Crippen LogP contribution in [0.5, 0.6) is 0 Å². The molecule has 0 fully saturated rings. The number of amides is 1. The molecule has 0 aromatic rings. The second-order valence-corrected chi connectivity index (χ2v) is 9.40. The summed E-state index contributed by atoms with van der Waals surface area (Å²) in [7, 11) is 3.59. The Bertz CT molecular complexity index is 421. The molecule has 0 radical (unpaired) electrons. The molecule has 5 nitrogen and oxygen atoms in total. The van der Waals surface area contributed by atoms with Crippen molar-refractivity contribution in [3.63, 3.8) is 0 Å². The van der Waals surface area contributed by atoms with E-state index in [0.29, 0.717) is 37.6 Å². The zero-order chi connectivity index (χ0) is 19.8. The molecule has 0 aliphatic heterocycles. The first-order chi connectivity index (χ1) is 12.3. The number of carbonyl (C=O) groups is 1. The first-order valence-electron chi connectivity index (χ1n) is 9.29. The van der Waals surface area contributed by atoms with Crippen molar-refractivity contribution in [3.8, 4) is 11.8 Å². The Kier molecular flexibility index (Phi) is 16.5. The van der Waals surface area contributed by atoms with Crippen molar-refractivity contribution in [1.29, 1.82) is 0 Å². The average molecular weight is 405 g/mol. The molecule has 2 N–H and O–H groups in total. The minimum atomic E-state index is -0.147. The molecule has 0 aliphatic carbocycles. The number of nitrogens with one attached hydrogen (secondary N) is 2. The van der Waals surface area contributed by atoms with Gasteiger partial charge in [-0.1, -0.05) is 75.0 Å². The van der Waals surface area contributed by atoms with Gasteiger partial charge in [0.2, 0.25) is 5.91 Å². The highest BCUT2D eigenvalue weighted by Gasteiger charge is 2.15. The predicted molar refractivity (Wildman–Crippen MR) is 114 cm³/mol. The summed E-state index contributed by atoms with van der Waals surface area (Å²) in [6.45, 7) is 14.9. The van der Waals surface area contributed by atoms with Crippen LogP contribution in [0.4, 0.5) is 0 Å². The zero-order valence-corrected chi connectivity index (χ0v) is 18.7. The van der Waals surface area contributed by atoms with E-state index in [9.17, 15) is 4.79 Å². The summed E-state index contributed by atoms with van der Waals surface area (Å²) in [5, 5.41) is 6.11. The molecule has 0 heterocycles. The van der Waals surface area contributed by atoms with Crippen LogP contribution in [0.2, 0.25) is 0 Å². The monoisotopic (exact) mass is 404 g/mol. The third kappa shape index (κ3) is 17.0. The molecule has 152 valence electrons. The van der Waals surface area contributed by atoms with Gasteiger partial charge in [0, 0.05) is 24.3 Å². The van der Waals surface area contributed by atoms with Crippen LogP contribution >= 0.6 is 21.6 Å². The SMILES string of the molecule is CC(C)C#CCNC(=O)COCCOC(SSCCNC(C)C)C(C)C. The Labute approximate surface area is 167 Å². The van der Waals surface area contributed by atoms with Crippen molar-refractivity contribution >= 4 is 27.5 Å². The number of hydrogen-bond donors (Lipinski definition) is 2. The van der Waals surface area contributed by atoms with E-state index in [-0.39, 0.29) is 18.0 Å². The maximum absolute atomic E-state index is 11.6. The Hall–Kier alpha value is -0.390. The molecule has 0 aliphatic rings. The van der Waals surface area contributed by atoms with Gasteiger partial charge < -0.3 is 20.1 Å². The molecule has 1 atom stereocenters. The third-order valence-electron chi connectivity index (χ3n) is 2.95. The summed E-state index contributed by atoms with van der Waals surface area (Å²) in [5.74, 6) is 7.55. The van der Waals surface area contributed by atoms with E-state index in [0.717, 1.165) is 12.3 Å². The fraction of sp³-hybridized carbons (Fsp3) is 0.842. The summed E-state index contributed by atoms with van der Waals surface area (Å²) in [5.41, 5.74) is 0.128. The summed E-state index contributed by atoms with van der Waals surface area (Å²) in [6, 6.07) is 0.523. The lowest BCUT2D eigenvalue weighted by atomic mass is 10.2. The minimum absolute atomic E-state index is 0.0435. The highest BCUT2D eigenvalue weighted by atomic mass is 33.1. The standard InChI is InChI=1S/C19H36N2O3S2/c1-15(2)8-7-9-21-18(22)14-23-11-12-24-19(16(3)4)26-25-13-10-20-17(5)6/h15-17,19-20H,9-14H2,1-6H3,(H,21,22). The van der Waals surface area contributed by atoms with Gasteiger partial charge in [-0.05, 0) is 5.92 Å². The van der Waals surface area contributed by atoms with Gasteiger partial charge in [-0.15, -0.1) is 0 Å². The molecule has 0 bridgehead atoms. The van der Waals surface area contributed by atoms with Gasteiger partial charge in [0.05, 0.1) is 19.8 Å². The van der Waals surface area contributed by atoms with Crippen LogP contribution in [0.25, 0.3) is 0 Å². The van der Waals surface area contributed by atoms with Gasteiger partial charge >= 0.3 is 0 Å². The van der Waals surface area contributed by atoms with Gasteiger partial charge in [-0.2, -0.15) is 0 Å². The first-order valence-corrected chi connectivity index (χ1v) is 11.7. The van der Waals surface area contributed by atoms with E-state index in [1.165, 1.54) is 0 Å². The quantitative estimate of drug-likeness (QED) is 0.201. The highest BCUT2D eigenvalue weighted by molar-refractivity contribution is 8.76. The van der Waals surface area contributed by atoms with Gasteiger partial charge in [-0.3, -0.25) is 4.79 Å². The molecule has 0 rings (SSSR count). The van der Waals surface area contributed by atoms with Crippen molar-refractivity contribution in [2.45, 2.75) is 53.0 Å². The van der Waals surface area contributed by atoms with Crippen LogP contribution < -0.4 is 10.6 Å². The predicted octanol–water partition coefficient (Wildman–Crippen LogP) is 3.16. The molecule has 0 saturated heterocycles. The Morgan fingerprint density at radius 2 is 1.85 bits per heavy atom. The van der Waals surface area contributed by atoms with Crippen molar-refractivity contribution in [2.75, 3.05) is 38.7 Å². The average Bonchev–Trinajstić information content (AvgIpc) is 2.55. The second-order valence-electron chi connectivity index (χ2n) is 6.82. The first kappa shape index (κ1) is 25.6. The van der Waals surface area contributed by atoms with E-state index in [1.807, 2.05) is 24.6 Å². The Balaban J connectivity index is 3.73. The Morgan fingerprint density at radius 3 is 2.46 bits per heavy atom. The summed E-state index contributed by atoms with van der Waals surface area (Å²) < 4.78 is 11.2. The maximum atomic E-state index is 11.6. The van der Waals surface area contributed by atoms with Crippen molar-refractivity contribution in [2.24, 2.45) is 11.8 Å². The third-order valence-corrected chi connectivity index (χ3v) is 5.81. The van der Waals surface area contributed by atoms with Gasteiger partial charge in [0.15, 0.2) is 0 Å². The van der Waals surface area contributed by atoms with E-state index >= 15 is 0 Å². The number of rotatable bonds is 14. The summed E-state index contributed by atoms with van der Waals surface area (Å²) >= 11 is 0. The van der Waals surface area contributed by atoms with E-state index in [4.69, 9.17) is 9.47 Å². The second kappa shape index (κ2) is 16.8. The summed E-state index contributed by atoms with van der Waals surface area (Å²) in [6.07, 6.45) is 0. The molecule has 0 saturated carbocycles. The van der Waals surface area contributed by atoms with Crippen LogP contribution in [0.1, 0.15) is 41.5 Å². The van der Waals surface area contributed by atoms with Crippen LogP contribution in [-0.2, 0) is 14.3 Å². The van der Waals surface area contributed by atoms with Gasteiger partial charge in [0.1, 0.15) is 12.0 Å². The van der Waals surface area contributed by atoms with Crippen molar-refractivity contribution in [1.82, 2.24) is 10.6 Å². The van der Waals surface area contributed by atoms with Crippen LogP contribution in [0.3, 0.4) is 0 Å². The van der Waals surface area contributed by atoms with E-state index in [2.05, 4.69) is 50.2 Å². The Morgan fingerprint density at radius 1 is 1.12 bits per heavy atom. The maximum Gasteiger partial charge on any atom is 0.246 e. The largest absolute Gasteiger partial charge is 0.369 e. The molecule has 7 heteroatoms. The topological polar surface area (TPSA) is 59.6 Å². The number of hydrogen-bond acceptors (Lipinski definition) is 6. The molecular weight excluding hydrogens is 368 g/mol. The zero-order valence-electron chi connectivity index (χ0n) is 17.1. The van der Waals surface area contributed by atoms with Crippen LogP contribution in [0.15, 0.2) is 0 Å². The van der Waals surface area contributed by atoms with Crippen LogP contribution in [-0.4, -0.2) is 56.0 Å². The molecular formula is C19H36N2O3S2. The van der Waals surface area contributed by atoms with E-state index < -0.39 is 0 Å². The lowest BCUT2D eigenvalue weighted by Crippen LogP contribution is -2.28. The molecule has 0 aromatic heterocycles. The number of ether oxygens (including phenoxy) is 2. The molecule has 0 spiro atoms. The molecule has 1 amide bonds. The van der Waals surface area contributed by atoms with Gasteiger partial charge in [-0.25, -0.2) is 0 Å². The van der Waals surface area contributed by atoms with Crippen molar-refractivity contribution in [3.05, 3.63) is 0 Å². The van der Waals surface area contributed by atoms with E-state index in [1.54, 1.807) is 10.8 Å². The fourth-order valence-electron chi connectivity index (χ4n) is 1.67. The fourth-order valence-corrected chi connectivity index (χ4v) is 4.25. The summed E-state index contributed by atoms with van der Waals surface area (Å²) in [4.78, 5) is 11.6. The lowest BCUT2D eigenvalue weighted by molar-refractivity contribution is -0.126. The molecule has 1 unspecified atom stereocenters. The normalized spacial score (nSPS) is 12.3. The van der Waals surface area contributed by atoms with Gasteiger partial charge in [0.25, 0.3) is 0 Å². The molecule has 26 heavy (non-hydrogen) atoms. The smallest absolute Gasteiger partial charge is 0.246 e. The molecule has 0 aromatic carbocycles. The van der Waals surface area contributed by atoms with Crippen molar-refractivity contribution < 1.29 is 14.3 Å².